The van der Waals surface area contributed by atoms with Crippen molar-refractivity contribution >= 4 is 33.0 Å². The van der Waals surface area contributed by atoms with E-state index in [0.29, 0.717) is 23.4 Å². The summed E-state index contributed by atoms with van der Waals surface area (Å²) >= 11 is 0. The predicted octanol–water partition coefficient (Wildman–Crippen LogP) is 0.579. The van der Waals surface area contributed by atoms with Crippen LogP contribution in [0.15, 0.2) is 54.6 Å². The van der Waals surface area contributed by atoms with E-state index in [1.54, 1.807) is 36.4 Å². The van der Waals surface area contributed by atoms with Crippen molar-refractivity contribution in [1.29, 1.82) is 0 Å². The number of hydrogen-bond acceptors (Lipinski definition) is 4. The van der Waals surface area contributed by atoms with E-state index in [9.17, 15) is 18.0 Å². The van der Waals surface area contributed by atoms with E-state index in [1.807, 2.05) is 25.2 Å². The monoisotopic (exact) mass is 402 g/mol. The highest BCUT2D eigenvalue weighted by molar-refractivity contribution is 7.91. The summed E-state index contributed by atoms with van der Waals surface area (Å²) in [7, 11) is -1.17. The first-order valence-corrected chi connectivity index (χ1v) is 10.9. The van der Waals surface area contributed by atoms with Gasteiger partial charge in [0.25, 0.3) is 11.8 Å². The van der Waals surface area contributed by atoms with Gasteiger partial charge in [0.15, 0.2) is 16.4 Å². The van der Waals surface area contributed by atoms with Crippen LogP contribution in [0.5, 0.6) is 0 Å². The van der Waals surface area contributed by atoms with Crippen molar-refractivity contribution in [2.24, 2.45) is 0 Å². The number of carbonyl (C=O) groups is 2. The van der Waals surface area contributed by atoms with Gasteiger partial charge in [-0.2, -0.15) is 0 Å². The summed E-state index contributed by atoms with van der Waals surface area (Å²) in [5.41, 5.74) is 1.45. The number of rotatable bonds is 6. The first-order valence-electron chi connectivity index (χ1n) is 9.12. The summed E-state index contributed by atoms with van der Waals surface area (Å²) in [5.74, 6) is -0.284. The Morgan fingerprint density at radius 3 is 2.39 bits per heavy atom. The van der Waals surface area contributed by atoms with Gasteiger partial charge < -0.3 is 15.5 Å². The molecule has 8 heteroatoms. The number of benzene rings is 2. The van der Waals surface area contributed by atoms with E-state index in [1.165, 1.54) is 0 Å². The zero-order valence-electron chi connectivity index (χ0n) is 15.6. The molecule has 2 aromatic rings. The molecule has 3 rings (SSSR count). The molecule has 1 saturated heterocycles. The number of carbonyl (C=O) groups excluding carboxylic acids is 2. The SMILES string of the molecule is C[NH+](CC(=O)Nc1ccccc1C(=O)Nc1ccccc1)[C@H]1CCS(=O)(=O)C1. The fourth-order valence-corrected chi connectivity index (χ4v) is 5.16. The quantitative estimate of drug-likeness (QED) is 0.659. The third-order valence-electron chi connectivity index (χ3n) is 4.85. The van der Waals surface area contributed by atoms with Crippen LogP contribution in [0.1, 0.15) is 16.8 Å². The highest BCUT2D eigenvalue weighted by atomic mass is 32.2. The molecule has 0 spiro atoms. The molecule has 0 radical (unpaired) electrons. The van der Waals surface area contributed by atoms with Crippen LogP contribution < -0.4 is 15.5 Å². The van der Waals surface area contributed by atoms with E-state index in [2.05, 4.69) is 10.6 Å². The van der Waals surface area contributed by atoms with Crippen LogP contribution in [0.25, 0.3) is 0 Å². The molecule has 148 valence electrons. The first-order chi connectivity index (χ1) is 13.3. The Labute approximate surface area is 164 Å². The fourth-order valence-electron chi connectivity index (χ4n) is 3.29. The Kier molecular flexibility index (Phi) is 6.11. The molecular formula is C20H24N3O4S+. The van der Waals surface area contributed by atoms with Gasteiger partial charge >= 0.3 is 0 Å². The molecule has 1 aliphatic heterocycles. The first kappa shape index (κ1) is 20.0. The summed E-state index contributed by atoms with van der Waals surface area (Å²) in [6.45, 7) is 0.134. The van der Waals surface area contributed by atoms with Crippen LogP contribution in [0, 0.1) is 0 Å². The van der Waals surface area contributed by atoms with Crippen molar-refractivity contribution in [1.82, 2.24) is 0 Å². The lowest BCUT2D eigenvalue weighted by molar-refractivity contribution is -0.894. The average molecular weight is 402 g/mol. The molecule has 1 fully saturated rings. The molecule has 1 heterocycles. The number of para-hydroxylation sites is 2. The third kappa shape index (κ3) is 5.17. The molecule has 7 nitrogen and oxygen atoms in total. The fraction of sp³-hybridized carbons (Fsp3) is 0.300. The second kappa shape index (κ2) is 8.53. The Hall–Kier alpha value is -2.71. The maximum atomic E-state index is 12.6. The van der Waals surface area contributed by atoms with E-state index in [-0.39, 0.29) is 35.9 Å². The molecule has 3 N–H and O–H groups in total. The largest absolute Gasteiger partial charge is 0.326 e. The predicted molar refractivity (Wildman–Crippen MR) is 108 cm³/mol. The van der Waals surface area contributed by atoms with E-state index >= 15 is 0 Å². The number of likely N-dealkylation sites (N-methyl/N-ethyl adjacent to an activating group) is 1. The van der Waals surface area contributed by atoms with Gasteiger partial charge in [-0.3, -0.25) is 9.59 Å². The lowest BCUT2D eigenvalue weighted by Crippen LogP contribution is -3.14. The molecule has 28 heavy (non-hydrogen) atoms. The number of amides is 2. The van der Waals surface area contributed by atoms with E-state index < -0.39 is 9.84 Å². The molecular weight excluding hydrogens is 378 g/mol. The Morgan fingerprint density at radius 2 is 1.71 bits per heavy atom. The van der Waals surface area contributed by atoms with Gasteiger partial charge in [-0.15, -0.1) is 0 Å². The average Bonchev–Trinajstić information content (AvgIpc) is 3.03. The van der Waals surface area contributed by atoms with Crippen molar-refractivity contribution in [2.75, 3.05) is 35.7 Å². The number of sulfone groups is 1. The summed E-state index contributed by atoms with van der Waals surface area (Å²) in [6.07, 6.45) is 0.567. The topological polar surface area (TPSA) is 96.8 Å². The van der Waals surface area contributed by atoms with Crippen LogP contribution in [0.2, 0.25) is 0 Å². The molecule has 1 aliphatic rings. The second-order valence-corrected chi connectivity index (χ2v) is 9.27. The highest BCUT2D eigenvalue weighted by Gasteiger charge is 2.34. The van der Waals surface area contributed by atoms with Gasteiger partial charge in [0.2, 0.25) is 0 Å². The maximum Gasteiger partial charge on any atom is 0.279 e. The normalized spacial score (nSPS) is 19.0. The van der Waals surface area contributed by atoms with Crippen molar-refractivity contribution in [3.05, 3.63) is 60.2 Å². The summed E-state index contributed by atoms with van der Waals surface area (Å²) in [5, 5.41) is 5.59. The van der Waals surface area contributed by atoms with Crippen molar-refractivity contribution in [3.8, 4) is 0 Å². The van der Waals surface area contributed by atoms with Crippen molar-refractivity contribution in [2.45, 2.75) is 12.5 Å². The minimum absolute atomic E-state index is 0.0765. The Bertz CT molecular complexity index is 960. The van der Waals surface area contributed by atoms with E-state index in [0.717, 1.165) is 4.90 Å². The van der Waals surface area contributed by atoms with Gasteiger partial charge in [-0.25, -0.2) is 8.42 Å². The molecule has 2 atom stereocenters. The van der Waals surface area contributed by atoms with Gasteiger partial charge in [0, 0.05) is 12.1 Å². The number of nitrogens with one attached hydrogen (secondary N) is 3. The third-order valence-corrected chi connectivity index (χ3v) is 6.61. The standard InChI is InChI=1S/C20H23N3O4S/c1-23(16-11-12-28(26,27)14-16)13-19(24)22-18-10-6-5-9-17(18)20(25)21-15-7-3-2-4-8-15/h2-10,16H,11-14H2,1H3,(H,21,25)(H,22,24)/p+1/t16-/m0/s1. The van der Waals surface area contributed by atoms with Crippen molar-refractivity contribution < 1.29 is 22.9 Å². The van der Waals surface area contributed by atoms with Crippen LogP contribution in [0.4, 0.5) is 11.4 Å². The minimum Gasteiger partial charge on any atom is -0.326 e. The van der Waals surface area contributed by atoms with Crippen LogP contribution in [-0.4, -0.2) is 51.4 Å². The van der Waals surface area contributed by atoms with E-state index in [4.69, 9.17) is 0 Å². The zero-order valence-corrected chi connectivity index (χ0v) is 16.5. The van der Waals surface area contributed by atoms with Gasteiger partial charge in [-0.05, 0) is 24.3 Å². The molecule has 0 aromatic heterocycles. The lowest BCUT2D eigenvalue weighted by Gasteiger charge is -2.20. The van der Waals surface area contributed by atoms with Crippen LogP contribution in [-0.2, 0) is 14.6 Å². The zero-order chi connectivity index (χ0) is 20.1. The molecule has 2 amide bonds. The second-order valence-electron chi connectivity index (χ2n) is 7.04. The maximum absolute atomic E-state index is 12.6. The molecule has 2 aromatic carbocycles. The Morgan fingerprint density at radius 1 is 1.04 bits per heavy atom. The smallest absolute Gasteiger partial charge is 0.279 e. The molecule has 0 aliphatic carbocycles. The number of quaternary nitrogens is 1. The highest BCUT2D eigenvalue weighted by Crippen LogP contribution is 2.17. The minimum atomic E-state index is -2.99. The summed E-state index contributed by atoms with van der Waals surface area (Å²) < 4.78 is 23.3. The lowest BCUT2D eigenvalue weighted by atomic mass is 10.1. The van der Waals surface area contributed by atoms with Crippen molar-refractivity contribution in [3.63, 3.8) is 0 Å². The number of anilines is 2. The molecule has 1 unspecified atom stereocenters. The Balaban J connectivity index is 1.64. The molecule has 0 saturated carbocycles. The van der Waals surface area contributed by atoms with Gasteiger partial charge in [0.1, 0.15) is 11.8 Å². The van der Waals surface area contributed by atoms with Gasteiger partial charge in [-0.1, -0.05) is 30.3 Å². The van der Waals surface area contributed by atoms with Crippen LogP contribution in [0.3, 0.4) is 0 Å². The van der Waals surface area contributed by atoms with Gasteiger partial charge in [0.05, 0.1) is 24.1 Å². The summed E-state index contributed by atoms with van der Waals surface area (Å²) in [4.78, 5) is 25.9. The number of hydrogen-bond donors (Lipinski definition) is 3. The summed E-state index contributed by atoms with van der Waals surface area (Å²) in [6, 6.07) is 15.8. The molecule has 0 bridgehead atoms. The van der Waals surface area contributed by atoms with Crippen LogP contribution >= 0.6 is 0 Å².